The molecule has 0 heterocycles. The minimum atomic E-state index is -4.14. The van der Waals surface area contributed by atoms with Gasteiger partial charge in [-0.05, 0) is 93.1 Å². The summed E-state index contributed by atoms with van der Waals surface area (Å²) in [4.78, 5) is 31.2. The van der Waals surface area contributed by atoms with E-state index in [4.69, 9.17) is 9.59 Å². The van der Waals surface area contributed by atoms with Crippen LogP contribution in [0.25, 0.3) is 6.08 Å². The molecule has 0 aliphatic rings. The highest BCUT2D eigenvalue weighted by atomic mass is 19.4. The average Bonchev–Trinajstić information content (AvgIpc) is 2.89. The van der Waals surface area contributed by atoms with Crippen LogP contribution < -0.4 is 0 Å². The summed E-state index contributed by atoms with van der Waals surface area (Å²) in [6.07, 6.45) is 1.89. The van der Waals surface area contributed by atoms with Crippen molar-refractivity contribution in [2.75, 3.05) is 13.6 Å². The molecular weight excluding hydrogens is 510 g/mol. The molecule has 39 heavy (non-hydrogen) atoms. The number of allylic oxidation sites excluding steroid dienone is 1. The van der Waals surface area contributed by atoms with Crippen LogP contribution in [0.2, 0.25) is 0 Å². The zero-order valence-electron chi connectivity index (χ0n) is 23.4. The van der Waals surface area contributed by atoms with Crippen LogP contribution >= 0.6 is 0 Å². The Kier molecular flexibility index (Phi) is 14.0. The molecule has 0 amide bonds. The molecule has 0 bridgehead atoms. The zero-order chi connectivity index (χ0) is 29.6. The smallest absolute Gasteiger partial charge is 0.300 e. The molecule has 0 fully saturated rings. The molecule has 2 aromatic carbocycles. The average molecular weight is 550 g/mol. The molecule has 0 N–H and O–H groups in total. The molecule has 0 unspecified atom stereocenters. The predicted octanol–water partition coefficient (Wildman–Crippen LogP) is 7.85. The third-order valence-corrected chi connectivity index (χ3v) is 7.61. The van der Waals surface area contributed by atoms with Gasteiger partial charge < -0.3 is 4.90 Å². The Bertz CT molecular complexity index is 1110. The van der Waals surface area contributed by atoms with E-state index >= 15 is 0 Å². The van der Waals surface area contributed by atoms with E-state index in [1.54, 1.807) is 24.3 Å². The molecule has 0 radical (unpaired) electrons. The SMILES string of the molecule is CC[C@@H](C)[C@](CC)(CCc1cc(C(=O)/C=C/c2ccc(F)cc2)ccc1C)N(C)CCCC(F)(F)F.O=C=O. The Hall–Kier alpha value is -3.09. The highest BCUT2D eigenvalue weighted by Crippen LogP contribution is 2.36. The Morgan fingerprint density at radius 2 is 1.67 bits per heavy atom. The third-order valence-electron chi connectivity index (χ3n) is 7.61. The number of nitrogens with zero attached hydrogens (tertiary/aromatic N) is 1. The van der Waals surface area contributed by atoms with Gasteiger partial charge in [-0.3, -0.25) is 4.79 Å². The second-order valence-corrected chi connectivity index (χ2v) is 9.88. The van der Waals surface area contributed by atoms with Gasteiger partial charge in [-0.1, -0.05) is 57.5 Å². The number of ketones is 1. The summed E-state index contributed by atoms with van der Waals surface area (Å²) >= 11 is 0. The maximum atomic E-state index is 13.1. The molecule has 0 saturated carbocycles. The van der Waals surface area contributed by atoms with Gasteiger partial charge in [0.2, 0.25) is 0 Å². The van der Waals surface area contributed by atoms with E-state index in [9.17, 15) is 22.4 Å². The number of aryl methyl sites for hydroxylation is 2. The topological polar surface area (TPSA) is 54.5 Å². The molecule has 8 heteroatoms. The number of hydrogen-bond donors (Lipinski definition) is 0. The second kappa shape index (κ2) is 16.1. The number of rotatable bonds is 13. The fourth-order valence-electron chi connectivity index (χ4n) is 5.02. The van der Waals surface area contributed by atoms with Crippen molar-refractivity contribution in [3.05, 3.63) is 76.6 Å². The van der Waals surface area contributed by atoms with Crippen LogP contribution in [0.5, 0.6) is 0 Å². The lowest BCUT2D eigenvalue weighted by Gasteiger charge is -2.46. The van der Waals surface area contributed by atoms with Gasteiger partial charge in [0.15, 0.2) is 5.78 Å². The van der Waals surface area contributed by atoms with Crippen molar-refractivity contribution in [3.8, 4) is 0 Å². The van der Waals surface area contributed by atoms with Gasteiger partial charge in [0.05, 0.1) is 0 Å². The molecule has 214 valence electrons. The standard InChI is InChI=1S/C30H39F4NO.CO2/c1-6-23(4)29(7-2,35(5)20-8-18-30(32,33)34)19-17-25-21-26(13-9-22(25)3)28(36)16-12-24-10-14-27(31)15-11-24;2-1-3/h9-16,21,23H,6-8,17-20H2,1-5H3;/b16-12+;/t23-,29+;/m1./s1. The van der Waals surface area contributed by atoms with Crippen LogP contribution in [0.15, 0.2) is 48.5 Å². The summed E-state index contributed by atoms with van der Waals surface area (Å²) in [5.74, 6) is -0.149. The summed E-state index contributed by atoms with van der Waals surface area (Å²) in [6, 6.07) is 11.6. The van der Waals surface area contributed by atoms with Crippen molar-refractivity contribution in [2.45, 2.75) is 77.9 Å². The van der Waals surface area contributed by atoms with Crippen LogP contribution in [0.1, 0.15) is 79.9 Å². The summed E-state index contributed by atoms with van der Waals surface area (Å²) in [5.41, 5.74) is 3.25. The van der Waals surface area contributed by atoms with Gasteiger partial charge in [0, 0.05) is 17.5 Å². The molecule has 0 aromatic heterocycles. The summed E-state index contributed by atoms with van der Waals surface area (Å²) in [7, 11) is 1.94. The number of carbonyl (C=O) groups excluding carboxylic acids is 3. The lowest BCUT2D eigenvalue weighted by Crippen LogP contribution is -2.51. The second-order valence-electron chi connectivity index (χ2n) is 9.88. The Morgan fingerprint density at radius 3 is 2.21 bits per heavy atom. The van der Waals surface area contributed by atoms with Crippen LogP contribution in [-0.2, 0) is 16.0 Å². The van der Waals surface area contributed by atoms with E-state index in [1.165, 1.54) is 18.2 Å². The van der Waals surface area contributed by atoms with Gasteiger partial charge in [0.1, 0.15) is 5.82 Å². The van der Waals surface area contributed by atoms with Gasteiger partial charge in [-0.2, -0.15) is 22.8 Å². The van der Waals surface area contributed by atoms with Gasteiger partial charge in [-0.25, -0.2) is 4.39 Å². The van der Waals surface area contributed by atoms with E-state index in [2.05, 4.69) is 25.7 Å². The van der Waals surface area contributed by atoms with Crippen LogP contribution in [-0.4, -0.2) is 42.1 Å². The van der Waals surface area contributed by atoms with Crippen molar-refractivity contribution >= 4 is 18.0 Å². The zero-order valence-corrected chi connectivity index (χ0v) is 23.4. The predicted molar refractivity (Wildman–Crippen MR) is 145 cm³/mol. The Morgan fingerprint density at radius 1 is 1.05 bits per heavy atom. The Labute approximate surface area is 229 Å². The van der Waals surface area contributed by atoms with Crippen LogP contribution in [0.3, 0.4) is 0 Å². The number of halogens is 4. The highest BCUT2D eigenvalue weighted by molar-refractivity contribution is 6.06. The molecule has 4 nitrogen and oxygen atoms in total. The lowest BCUT2D eigenvalue weighted by atomic mass is 9.75. The largest absolute Gasteiger partial charge is 0.389 e. The maximum Gasteiger partial charge on any atom is 0.389 e. The van der Waals surface area contributed by atoms with Crippen molar-refractivity contribution in [2.24, 2.45) is 5.92 Å². The maximum absolute atomic E-state index is 13.1. The molecule has 0 aliphatic heterocycles. The van der Waals surface area contributed by atoms with Crippen molar-refractivity contribution in [3.63, 3.8) is 0 Å². The van der Waals surface area contributed by atoms with Gasteiger partial charge >= 0.3 is 12.3 Å². The third kappa shape index (κ3) is 10.9. The number of carbonyl (C=O) groups is 1. The first-order valence-electron chi connectivity index (χ1n) is 13.2. The number of hydrogen-bond acceptors (Lipinski definition) is 4. The van der Waals surface area contributed by atoms with E-state index in [0.29, 0.717) is 18.0 Å². The van der Waals surface area contributed by atoms with Crippen molar-refractivity contribution < 1.29 is 31.9 Å². The molecule has 0 spiro atoms. The quantitative estimate of drug-likeness (QED) is 0.145. The van der Waals surface area contributed by atoms with Crippen LogP contribution in [0.4, 0.5) is 17.6 Å². The van der Waals surface area contributed by atoms with E-state index in [0.717, 1.165) is 42.4 Å². The number of alkyl halides is 3. The molecule has 2 rings (SSSR count). The molecule has 2 atom stereocenters. The van der Waals surface area contributed by atoms with Crippen molar-refractivity contribution in [1.29, 1.82) is 0 Å². The fraction of sp³-hybridized carbons (Fsp3) is 0.484. The molecule has 2 aromatic rings. The monoisotopic (exact) mass is 549 g/mol. The van der Waals surface area contributed by atoms with E-state index < -0.39 is 12.6 Å². The molecule has 0 saturated heterocycles. The van der Waals surface area contributed by atoms with Crippen molar-refractivity contribution in [1.82, 2.24) is 4.90 Å². The van der Waals surface area contributed by atoms with Gasteiger partial charge in [-0.15, -0.1) is 0 Å². The summed E-state index contributed by atoms with van der Waals surface area (Å²) in [5, 5.41) is 0. The number of benzene rings is 2. The normalized spacial score (nSPS) is 13.9. The van der Waals surface area contributed by atoms with E-state index in [1.807, 2.05) is 26.1 Å². The molecule has 0 aliphatic carbocycles. The van der Waals surface area contributed by atoms with E-state index in [-0.39, 0.29) is 29.7 Å². The first-order valence-corrected chi connectivity index (χ1v) is 13.2. The van der Waals surface area contributed by atoms with Crippen LogP contribution in [0, 0.1) is 18.7 Å². The minimum Gasteiger partial charge on any atom is -0.300 e. The summed E-state index contributed by atoms with van der Waals surface area (Å²) < 4.78 is 51.3. The minimum absolute atomic E-state index is 0.0849. The lowest BCUT2D eigenvalue weighted by molar-refractivity contribution is -0.191. The van der Waals surface area contributed by atoms with Gasteiger partial charge in [0.25, 0.3) is 0 Å². The summed E-state index contributed by atoms with van der Waals surface area (Å²) in [6.45, 7) is 8.82. The fourth-order valence-corrected chi connectivity index (χ4v) is 5.02. The highest BCUT2D eigenvalue weighted by Gasteiger charge is 2.37. The first-order chi connectivity index (χ1) is 18.3. The Balaban J connectivity index is 0.00000242. The molecular formula is C31H39F4NO3. The first kappa shape index (κ1) is 33.9.